The van der Waals surface area contributed by atoms with Crippen molar-refractivity contribution in [3.8, 4) is 0 Å². The van der Waals surface area contributed by atoms with Gasteiger partial charge in [-0.25, -0.2) is 9.97 Å². The summed E-state index contributed by atoms with van der Waals surface area (Å²) in [5, 5.41) is 0. The van der Waals surface area contributed by atoms with Gasteiger partial charge >= 0.3 is 0 Å². The molecule has 15 heavy (non-hydrogen) atoms. The van der Waals surface area contributed by atoms with Crippen molar-refractivity contribution in [3.63, 3.8) is 0 Å². The number of nitrogens with zero attached hydrogens (tertiary/aromatic N) is 3. The Morgan fingerprint density at radius 2 is 1.87 bits per heavy atom. The summed E-state index contributed by atoms with van der Waals surface area (Å²) < 4.78 is 0. The van der Waals surface area contributed by atoms with E-state index < -0.39 is 0 Å². The van der Waals surface area contributed by atoms with Crippen molar-refractivity contribution in [3.05, 3.63) is 24.3 Å². The van der Waals surface area contributed by atoms with Crippen LogP contribution >= 0.6 is 0 Å². The molecular weight excluding hydrogens is 190 g/mol. The average molecular weight is 205 g/mol. The lowest BCUT2D eigenvalue weighted by atomic mass is 10.1. The molecule has 0 saturated carbocycles. The molecule has 0 atom stereocenters. The zero-order valence-corrected chi connectivity index (χ0v) is 8.72. The predicted molar refractivity (Wildman–Crippen MR) is 56.4 cm³/mol. The van der Waals surface area contributed by atoms with E-state index in [0.717, 1.165) is 31.6 Å². The molecular formula is C11H15N3O. The lowest BCUT2D eigenvalue weighted by Crippen LogP contribution is -2.35. The van der Waals surface area contributed by atoms with Crippen molar-refractivity contribution < 1.29 is 4.79 Å². The second-order valence-corrected chi connectivity index (χ2v) is 3.88. The number of piperidine rings is 1. The number of ketones is 1. The molecule has 0 radical (unpaired) electrons. The van der Waals surface area contributed by atoms with E-state index in [1.807, 2.05) is 12.4 Å². The number of carbonyl (C=O) groups excluding carboxylic acids is 1. The highest BCUT2D eigenvalue weighted by Gasteiger charge is 2.15. The Morgan fingerprint density at radius 3 is 2.53 bits per heavy atom. The Kier molecular flexibility index (Phi) is 3.40. The molecule has 1 aromatic rings. The Morgan fingerprint density at radius 1 is 1.20 bits per heavy atom. The first-order valence-electron chi connectivity index (χ1n) is 5.32. The quantitative estimate of drug-likeness (QED) is 0.728. The smallest absolute Gasteiger partial charge is 0.135 e. The maximum Gasteiger partial charge on any atom is 0.135 e. The van der Waals surface area contributed by atoms with E-state index in [0.29, 0.717) is 18.6 Å². The molecule has 1 aliphatic rings. The molecule has 2 heterocycles. The van der Waals surface area contributed by atoms with E-state index in [1.165, 1.54) is 0 Å². The minimum atomic E-state index is 0.397. The van der Waals surface area contributed by atoms with Gasteiger partial charge in [-0.2, -0.15) is 0 Å². The van der Waals surface area contributed by atoms with E-state index in [1.54, 1.807) is 6.33 Å². The molecule has 4 nitrogen and oxygen atoms in total. The molecule has 1 aromatic heterocycles. The lowest BCUT2D eigenvalue weighted by molar-refractivity contribution is -0.121. The van der Waals surface area contributed by atoms with Gasteiger partial charge in [0.05, 0.1) is 0 Å². The van der Waals surface area contributed by atoms with Crippen molar-refractivity contribution >= 4 is 5.78 Å². The van der Waals surface area contributed by atoms with Crippen LogP contribution in [0.25, 0.3) is 0 Å². The van der Waals surface area contributed by atoms with Crippen LogP contribution in [0.15, 0.2) is 18.7 Å². The molecule has 0 amide bonds. The molecule has 0 aromatic carbocycles. The van der Waals surface area contributed by atoms with Gasteiger partial charge in [-0.05, 0) is 12.0 Å². The topological polar surface area (TPSA) is 46.1 Å². The zero-order chi connectivity index (χ0) is 10.5. The number of rotatable bonds is 3. The third kappa shape index (κ3) is 3.09. The molecule has 4 heteroatoms. The third-order valence-electron chi connectivity index (χ3n) is 2.74. The zero-order valence-electron chi connectivity index (χ0n) is 8.72. The normalized spacial score (nSPS) is 18.0. The predicted octanol–water partition coefficient (Wildman–Crippen LogP) is 0.684. The summed E-state index contributed by atoms with van der Waals surface area (Å²) in [6.45, 7) is 2.82. The summed E-state index contributed by atoms with van der Waals surface area (Å²) in [4.78, 5) is 21.3. The highest BCUT2D eigenvalue weighted by Crippen LogP contribution is 2.06. The standard InChI is InChI=1S/C11H15N3O/c15-11-2-5-14(6-3-11)4-1-10-7-12-9-13-8-10/h7-9H,1-6H2. The summed E-state index contributed by atoms with van der Waals surface area (Å²) in [6.07, 6.45) is 7.64. The van der Waals surface area contributed by atoms with Crippen LogP contribution < -0.4 is 0 Å². The first-order valence-corrected chi connectivity index (χ1v) is 5.32. The van der Waals surface area contributed by atoms with Crippen molar-refractivity contribution in [1.29, 1.82) is 0 Å². The van der Waals surface area contributed by atoms with Crippen LogP contribution in [0.2, 0.25) is 0 Å². The number of Topliss-reactive ketones (excluding diaryl/α,β-unsaturated/α-hetero) is 1. The molecule has 1 saturated heterocycles. The molecule has 1 fully saturated rings. The third-order valence-corrected chi connectivity index (χ3v) is 2.74. The molecule has 0 spiro atoms. The Balaban J connectivity index is 1.77. The van der Waals surface area contributed by atoms with Crippen LogP contribution in [-0.2, 0) is 11.2 Å². The van der Waals surface area contributed by atoms with Crippen LogP contribution in [-0.4, -0.2) is 40.3 Å². The van der Waals surface area contributed by atoms with Gasteiger partial charge in [-0.15, -0.1) is 0 Å². The summed E-state index contributed by atoms with van der Waals surface area (Å²) in [5.41, 5.74) is 1.16. The average Bonchev–Trinajstić information content (AvgIpc) is 2.30. The van der Waals surface area contributed by atoms with E-state index in [2.05, 4.69) is 14.9 Å². The van der Waals surface area contributed by atoms with Gasteiger partial charge in [-0.1, -0.05) is 0 Å². The Labute approximate surface area is 89.3 Å². The fraction of sp³-hybridized carbons (Fsp3) is 0.545. The van der Waals surface area contributed by atoms with Crippen LogP contribution in [0.3, 0.4) is 0 Å². The lowest BCUT2D eigenvalue weighted by Gasteiger charge is -2.25. The van der Waals surface area contributed by atoms with Crippen LogP contribution in [0.1, 0.15) is 18.4 Å². The van der Waals surface area contributed by atoms with Gasteiger partial charge in [0.25, 0.3) is 0 Å². The highest BCUT2D eigenvalue weighted by atomic mass is 16.1. The van der Waals surface area contributed by atoms with Crippen molar-refractivity contribution in [2.75, 3.05) is 19.6 Å². The first kappa shape index (κ1) is 10.2. The van der Waals surface area contributed by atoms with Gasteiger partial charge in [0.2, 0.25) is 0 Å². The number of aromatic nitrogens is 2. The second-order valence-electron chi connectivity index (χ2n) is 3.88. The van der Waals surface area contributed by atoms with Gasteiger partial charge in [0.15, 0.2) is 0 Å². The monoisotopic (exact) mass is 205 g/mol. The number of likely N-dealkylation sites (tertiary alicyclic amines) is 1. The van der Waals surface area contributed by atoms with E-state index >= 15 is 0 Å². The number of hydrogen-bond donors (Lipinski definition) is 0. The molecule has 0 bridgehead atoms. The van der Waals surface area contributed by atoms with Gasteiger partial charge in [-0.3, -0.25) is 4.79 Å². The largest absolute Gasteiger partial charge is 0.302 e. The van der Waals surface area contributed by atoms with Crippen molar-refractivity contribution in [2.24, 2.45) is 0 Å². The van der Waals surface area contributed by atoms with E-state index in [4.69, 9.17) is 0 Å². The molecule has 2 rings (SSSR count). The van der Waals surface area contributed by atoms with Crippen LogP contribution in [0.5, 0.6) is 0 Å². The Hall–Kier alpha value is -1.29. The molecule has 80 valence electrons. The fourth-order valence-electron chi connectivity index (χ4n) is 1.77. The van der Waals surface area contributed by atoms with Gasteiger partial charge in [0, 0.05) is 44.9 Å². The van der Waals surface area contributed by atoms with Gasteiger partial charge in [0.1, 0.15) is 12.1 Å². The summed E-state index contributed by atoms with van der Waals surface area (Å²) >= 11 is 0. The minimum absolute atomic E-state index is 0.397. The summed E-state index contributed by atoms with van der Waals surface area (Å²) in [5.74, 6) is 0.397. The van der Waals surface area contributed by atoms with Crippen LogP contribution in [0.4, 0.5) is 0 Å². The van der Waals surface area contributed by atoms with E-state index in [9.17, 15) is 4.79 Å². The number of carbonyl (C=O) groups is 1. The molecule has 0 N–H and O–H groups in total. The maximum absolute atomic E-state index is 11.0. The first-order chi connectivity index (χ1) is 7.34. The van der Waals surface area contributed by atoms with Crippen molar-refractivity contribution in [1.82, 2.24) is 14.9 Å². The Bertz CT molecular complexity index is 316. The minimum Gasteiger partial charge on any atom is -0.302 e. The maximum atomic E-state index is 11.0. The van der Waals surface area contributed by atoms with Gasteiger partial charge < -0.3 is 4.90 Å². The van der Waals surface area contributed by atoms with Crippen LogP contribution in [0, 0.1) is 0 Å². The summed E-state index contributed by atoms with van der Waals surface area (Å²) in [6, 6.07) is 0. The van der Waals surface area contributed by atoms with E-state index in [-0.39, 0.29) is 0 Å². The second kappa shape index (κ2) is 4.98. The highest BCUT2D eigenvalue weighted by molar-refractivity contribution is 5.79. The molecule has 0 unspecified atom stereocenters. The molecule has 1 aliphatic heterocycles. The SMILES string of the molecule is O=C1CCN(CCc2cncnc2)CC1. The van der Waals surface area contributed by atoms with Crippen molar-refractivity contribution in [2.45, 2.75) is 19.3 Å². The number of hydrogen-bond acceptors (Lipinski definition) is 4. The summed E-state index contributed by atoms with van der Waals surface area (Å²) in [7, 11) is 0. The fourth-order valence-corrected chi connectivity index (χ4v) is 1.77. The molecule has 0 aliphatic carbocycles.